The molecule has 0 spiro atoms. The van der Waals surface area contributed by atoms with Gasteiger partial charge in [0.15, 0.2) is 11.6 Å². The number of ether oxygens (including phenoxy) is 1. The maximum Gasteiger partial charge on any atom is 0.159 e. The van der Waals surface area contributed by atoms with E-state index >= 15 is 0 Å². The average molecular weight is 799 g/mol. The Morgan fingerprint density at radius 2 is 0.797 bits per heavy atom. The smallest absolute Gasteiger partial charge is 0.159 e. The molecule has 0 bridgehead atoms. The van der Waals surface area contributed by atoms with Crippen molar-refractivity contribution in [2.45, 2.75) is 194 Å². The lowest BCUT2D eigenvalue weighted by Gasteiger charge is -2.40. The Morgan fingerprint density at radius 3 is 1.14 bits per heavy atom. The summed E-state index contributed by atoms with van der Waals surface area (Å²) in [7, 11) is 0. The second kappa shape index (κ2) is 24.7. The first-order valence-corrected chi connectivity index (χ1v) is 24.6. The van der Waals surface area contributed by atoms with E-state index in [1.165, 1.54) is 164 Å². The molecule has 2 fully saturated rings. The summed E-state index contributed by atoms with van der Waals surface area (Å²) in [6, 6.07) is 18.3. The molecule has 5 nitrogen and oxygen atoms in total. The monoisotopic (exact) mass is 799 g/mol. The summed E-state index contributed by atoms with van der Waals surface area (Å²) in [6.45, 7) is 9.19. The van der Waals surface area contributed by atoms with Crippen LogP contribution >= 0.6 is 0 Å². The summed E-state index contributed by atoms with van der Waals surface area (Å²) in [6.07, 6.45) is 38.7. The van der Waals surface area contributed by atoms with Crippen molar-refractivity contribution >= 4 is 0 Å². The maximum absolute atomic E-state index is 7.70. The standard InChI is InChI=1S/C54H78N4O/c1-5-9-13-15-19-43-37-55-53(56-38-43)49-33-29-47(30-34-49)51(45-25-21-41(22-26-45)17-11-7-3)59-52(46-27-23-42(24-28-46)18-12-8-4)48-31-35-50(36-32-48)54-57-39-44(40-58-54)20-16-14-10-6-2/h29-42,45-46,51-52H,5-28H2,1-4H3/t41-,42-,45-,46-,51?,52?. The maximum atomic E-state index is 7.70. The largest absolute Gasteiger partial charge is 0.365 e. The summed E-state index contributed by atoms with van der Waals surface area (Å²) in [5, 5.41) is 0. The number of nitrogens with zero attached hydrogens (tertiary/aromatic N) is 4. The molecule has 2 aliphatic rings. The van der Waals surface area contributed by atoms with E-state index in [0.717, 1.165) is 47.5 Å². The van der Waals surface area contributed by atoms with Gasteiger partial charge in [-0.15, -0.1) is 0 Å². The van der Waals surface area contributed by atoms with E-state index in [0.29, 0.717) is 11.8 Å². The van der Waals surface area contributed by atoms with Gasteiger partial charge in [0, 0.05) is 35.9 Å². The Bertz CT molecular complexity index is 1580. The fraction of sp³-hybridized carbons (Fsp3) is 0.630. The van der Waals surface area contributed by atoms with E-state index in [1.807, 2.05) is 24.8 Å². The Kier molecular flexibility index (Phi) is 18.9. The molecule has 0 amide bonds. The second-order valence-corrected chi connectivity index (χ2v) is 18.5. The molecule has 0 aliphatic heterocycles. The highest BCUT2D eigenvalue weighted by atomic mass is 16.5. The lowest BCUT2D eigenvalue weighted by molar-refractivity contribution is -0.0907. The minimum absolute atomic E-state index is 0.0540. The molecule has 2 aromatic carbocycles. The number of aromatic nitrogens is 4. The van der Waals surface area contributed by atoms with Crippen molar-refractivity contribution in [2.75, 3.05) is 0 Å². The summed E-state index contributed by atoms with van der Waals surface area (Å²) in [5.41, 5.74) is 7.25. The summed E-state index contributed by atoms with van der Waals surface area (Å²) in [5.74, 6) is 4.37. The summed E-state index contributed by atoms with van der Waals surface area (Å²) >= 11 is 0. The fourth-order valence-corrected chi connectivity index (χ4v) is 10.0. The van der Waals surface area contributed by atoms with Gasteiger partial charge >= 0.3 is 0 Å². The minimum atomic E-state index is 0.0540. The van der Waals surface area contributed by atoms with Gasteiger partial charge in [0.05, 0.1) is 12.2 Å². The lowest BCUT2D eigenvalue weighted by atomic mass is 9.74. The Hall–Kier alpha value is -3.44. The molecule has 2 aromatic heterocycles. The van der Waals surface area contributed by atoms with Gasteiger partial charge in [-0.1, -0.05) is 179 Å². The van der Waals surface area contributed by atoms with Crippen molar-refractivity contribution in [1.29, 1.82) is 0 Å². The third-order valence-corrected chi connectivity index (χ3v) is 13.9. The van der Waals surface area contributed by atoms with Gasteiger partial charge in [-0.3, -0.25) is 0 Å². The van der Waals surface area contributed by atoms with Crippen molar-refractivity contribution in [3.8, 4) is 22.8 Å². The molecule has 5 heteroatoms. The van der Waals surface area contributed by atoms with Crippen molar-refractivity contribution in [3.63, 3.8) is 0 Å². The SMILES string of the molecule is CCCCCCc1cnc(-c2ccc(C(OC(c3ccc(-c4ncc(CCCCCC)cn4)cc3)[C@H]3CC[C@H](CCCC)CC3)[C@H]3CC[C@H](CCCC)CC3)cc2)nc1. The molecule has 320 valence electrons. The highest BCUT2D eigenvalue weighted by Gasteiger charge is 2.36. The van der Waals surface area contributed by atoms with Gasteiger partial charge in [-0.25, -0.2) is 19.9 Å². The first kappa shape index (κ1) is 45.1. The molecule has 2 saturated carbocycles. The van der Waals surface area contributed by atoms with Crippen LogP contribution in [0.5, 0.6) is 0 Å². The Morgan fingerprint density at radius 1 is 0.441 bits per heavy atom. The van der Waals surface area contributed by atoms with E-state index in [9.17, 15) is 0 Å². The first-order valence-electron chi connectivity index (χ1n) is 24.6. The normalized spacial score (nSPS) is 20.7. The highest BCUT2D eigenvalue weighted by Crippen LogP contribution is 2.47. The molecule has 2 heterocycles. The topological polar surface area (TPSA) is 60.8 Å². The van der Waals surface area contributed by atoms with Gasteiger partial charge in [-0.05, 0) is 97.3 Å². The van der Waals surface area contributed by atoms with Crippen LogP contribution < -0.4 is 0 Å². The van der Waals surface area contributed by atoms with Crippen LogP contribution in [0.3, 0.4) is 0 Å². The molecule has 2 atom stereocenters. The van der Waals surface area contributed by atoms with Crippen LogP contribution in [0, 0.1) is 23.7 Å². The van der Waals surface area contributed by atoms with Gasteiger partial charge < -0.3 is 4.74 Å². The first-order chi connectivity index (χ1) is 29.1. The molecule has 4 aromatic rings. The van der Waals surface area contributed by atoms with Gasteiger partial charge in [0.2, 0.25) is 0 Å². The van der Waals surface area contributed by atoms with E-state index in [1.54, 1.807) is 0 Å². The summed E-state index contributed by atoms with van der Waals surface area (Å²) in [4.78, 5) is 19.3. The number of benzene rings is 2. The third kappa shape index (κ3) is 13.8. The number of hydrogen-bond acceptors (Lipinski definition) is 5. The van der Waals surface area contributed by atoms with Crippen LogP contribution in [0.4, 0.5) is 0 Å². The quantitative estimate of drug-likeness (QED) is 0.0661. The predicted molar refractivity (Wildman–Crippen MR) is 247 cm³/mol. The average Bonchev–Trinajstić information content (AvgIpc) is 3.29. The van der Waals surface area contributed by atoms with Crippen LogP contribution in [0.15, 0.2) is 73.3 Å². The van der Waals surface area contributed by atoms with Gasteiger partial charge in [0.25, 0.3) is 0 Å². The molecule has 2 aliphatic carbocycles. The zero-order valence-electron chi connectivity index (χ0n) is 37.6. The molecule has 2 unspecified atom stereocenters. The van der Waals surface area contributed by atoms with Crippen LogP contribution in [-0.4, -0.2) is 19.9 Å². The van der Waals surface area contributed by atoms with Crippen molar-refractivity contribution < 1.29 is 4.74 Å². The number of rotatable bonds is 24. The number of aryl methyl sites for hydroxylation is 2. The van der Waals surface area contributed by atoms with Crippen LogP contribution in [-0.2, 0) is 17.6 Å². The molecule has 0 radical (unpaired) electrons. The van der Waals surface area contributed by atoms with E-state index in [4.69, 9.17) is 24.7 Å². The van der Waals surface area contributed by atoms with Crippen LogP contribution in [0.25, 0.3) is 22.8 Å². The van der Waals surface area contributed by atoms with Crippen molar-refractivity contribution in [2.24, 2.45) is 23.7 Å². The van der Waals surface area contributed by atoms with Gasteiger partial charge in [-0.2, -0.15) is 0 Å². The molecular weight excluding hydrogens is 721 g/mol. The second-order valence-electron chi connectivity index (χ2n) is 18.5. The van der Waals surface area contributed by atoms with E-state index in [-0.39, 0.29) is 12.2 Å². The van der Waals surface area contributed by atoms with Crippen LogP contribution in [0.1, 0.15) is 203 Å². The Labute approximate surface area is 359 Å². The summed E-state index contributed by atoms with van der Waals surface area (Å²) < 4.78 is 7.70. The van der Waals surface area contributed by atoms with E-state index in [2.05, 4.69) is 76.2 Å². The van der Waals surface area contributed by atoms with Crippen molar-refractivity contribution in [1.82, 2.24) is 19.9 Å². The predicted octanol–water partition coefficient (Wildman–Crippen LogP) is 15.6. The molecule has 0 N–H and O–H groups in total. The van der Waals surface area contributed by atoms with Gasteiger partial charge in [0.1, 0.15) is 0 Å². The lowest BCUT2D eigenvalue weighted by Crippen LogP contribution is -2.28. The molecule has 6 rings (SSSR count). The molecular formula is C54H78N4O. The zero-order chi connectivity index (χ0) is 41.1. The number of unbranched alkanes of at least 4 members (excludes halogenated alkanes) is 8. The third-order valence-electron chi connectivity index (χ3n) is 13.9. The van der Waals surface area contributed by atoms with Crippen molar-refractivity contribution in [3.05, 3.63) is 95.6 Å². The fourth-order valence-electron chi connectivity index (χ4n) is 10.0. The number of hydrogen-bond donors (Lipinski definition) is 0. The Balaban J connectivity index is 1.23. The molecule has 0 saturated heterocycles. The molecule has 59 heavy (non-hydrogen) atoms. The minimum Gasteiger partial charge on any atom is -0.365 e. The zero-order valence-corrected chi connectivity index (χ0v) is 37.6. The van der Waals surface area contributed by atoms with E-state index < -0.39 is 0 Å². The highest BCUT2D eigenvalue weighted by molar-refractivity contribution is 5.56. The van der Waals surface area contributed by atoms with Crippen LogP contribution in [0.2, 0.25) is 0 Å².